The third kappa shape index (κ3) is 3.11. The van der Waals surface area contributed by atoms with Gasteiger partial charge in [0, 0.05) is 12.1 Å². The molecule has 1 N–H and O–H groups in total. The Balaban J connectivity index is 1.86. The van der Waals surface area contributed by atoms with E-state index in [2.05, 4.69) is 5.32 Å². The van der Waals surface area contributed by atoms with Crippen molar-refractivity contribution < 1.29 is 14.3 Å². The van der Waals surface area contributed by atoms with E-state index in [9.17, 15) is 4.79 Å². The van der Waals surface area contributed by atoms with Crippen LogP contribution >= 0.6 is 0 Å². The Labute approximate surface area is 129 Å². The van der Waals surface area contributed by atoms with Gasteiger partial charge in [-0.25, -0.2) is 0 Å². The van der Waals surface area contributed by atoms with E-state index < -0.39 is 0 Å². The molecule has 0 radical (unpaired) electrons. The smallest absolute Gasteiger partial charge is 0.247 e. The van der Waals surface area contributed by atoms with Crippen LogP contribution in [0.25, 0.3) is 6.08 Å². The highest BCUT2D eigenvalue weighted by molar-refractivity contribution is 5.99. The minimum absolute atomic E-state index is 0.00331. The van der Waals surface area contributed by atoms with Gasteiger partial charge >= 0.3 is 0 Å². The van der Waals surface area contributed by atoms with Crippen molar-refractivity contribution >= 4 is 12.0 Å². The van der Waals surface area contributed by atoms with Crippen molar-refractivity contribution in [1.82, 2.24) is 5.32 Å². The second kappa shape index (κ2) is 6.35. The SMILES string of the molecule is COc1cc(/C=C2\CCNC2=O)ccc1Oc1ccccc1. The van der Waals surface area contributed by atoms with Crippen LogP contribution in [0.1, 0.15) is 12.0 Å². The number of nitrogens with one attached hydrogen (secondary N) is 1. The van der Waals surface area contributed by atoms with E-state index in [0.29, 0.717) is 18.0 Å². The van der Waals surface area contributed by atoms with Gasteiger partial charge in [0.15, 0.2) is 11.5 Å². The van der Waals surface area contributed by atoms with Gasteiger partial charge in [-0.3, -0.25) is 4.79 Å². The summed E-state index contributed by atoms with van der Waals surface area (Å²) < 4.78 is 11.2. The van der Waals surface area contributed by atoms with Crippen LogP contribution in [0.3, 0.4) is 0 Å². The molecule has 1 aliphatic heterocycles. The molecule has 0 aliphatic carbocycles. The molecule has 22 heavy (non-hydrogen) atoms. The lowest BCUT2D eigenvalue weighted by Gasteiger charge is -2.11. The van der Waals surface area contributed by atoms with Crippen molar-refractivity contribution in [3.63, 3.8) is 0 Å². The Bertz CT molecular complexity index is 708. The fraction of sp³-hybridized carbons (Fsp3) is 0.167. The number of ether oxygens (including phenoxy) is 2. The number of hydrogen-bond acceptors (Lipinski definition) is 3. The van der Waals surface area contributed by atoms with Gasteiger partial charge in [0.1, 0.15) is 5.75 Å². The van der Waals surface area contributed by atoms with Gasteiger partial charge in [0.05, 0.1) is 7.11 Å². The molecule has 112 valence electrons. The summed E-state index contributed by atoms with van der Waals surface area (Å²) in [6.45, 7) is 0.705. The fourth-order valence-corrected chi connectivity index (χ4v) is 2.35. The van der Waals surface area contributed by atoms with Gasteiger partial charge in [0.25, 0.3) is 0 Å². The van der Waals surface area contributed by atoms with E-state index in [1.54, 1.807) is 7.11 Å². The zero-order valence-corrected chi connectivity index (χ0v) is 12.3. The lowest BCUT2D eigenvalue weighted by atomic mass is 10.1. The summed E-state index contributed by atoms with van der Waals surface area (Å²) in [5.74, 6) is 2.04. The van der Waals surface area contributed by atoms with E-state index in [0.717, 1.165) is 23.3 Å². The Kier molecular flexibility index (Phi) is 4.10. The Hall–Kier alpha value is -2.75. The van der Waals surface area contributed by atoms with Crippen LogP contribution < -0.4 is 14.8 Å². The van der Waals surface area contributed by atoms with Crippen molar-refractivity contribution in [2.45, 2.75) is 6.42 Å². The zero-order chi connectivity index (χ0) is 15.4. The van der Waals surface area contributed by atoms with E-state index in [1.807, 2.05) is 54.6 Å². The molecule has 0 unspecified atom stereocenters. The molecule has 4 nitrogen and oxygen atoms in total. The lowest BCUT2D eigenvalue weighted by molar-refractivity contribution is -0.116. The average molecular weight is 295 g/mol. The van der Waals surface area contributed by atoms with Crippen molar-refractivity contribution in [2.24, 2.45) is 0 Å². The van der Waals surface area contributed by atoms with Gasteiger partial charge in [-0.1, -0.05) is 24.3 Å². The molecule has 1 amide bonds. The number of benzene rings is 2. The first kappa shape index (κ1) is 14.2. The Morgan fingerprint density at radius 2 is 1.91 bits per heavy atom. The van der Waals surface area contributed by atoms with E-state index in [4.69, 9.17) is 9.47 Å². The van der Waals surface area contributed by atoms with Gasteiger partial charge in [0.2, 0.25) is 5.91 Å². The van der Waals surface area contributed by atoms with Crippen LogP contribution in [0.2, 0.25) is 0 Å². The molecule has 1 saturated heterocycles. The van der Waals surface area contributed by atoms with Crippen LogP contribution in [0, 0.1) is 0 Å². The summed E-state index contributed by atoms with van der Waals surface area (Å²) >= 11 is 0. The molecule has 0 spiro atoms. The first-order valence-electron chi connectivity index (χ1n) is 7.16. The number of carbonyl (C=O) groups excluding carboxylic acids is 1. The molecule has 2 aromatic carbocycles. The molecular formula is C18H17NO3. The predicted molar refractivity (Wildman–Crippen MR) is 85.1 cm³/mol. The number of hydrogen-bond donors (Lipinski definition) is 1. The summed E-state index contributed by atoms with van der Waals surface area (Å²) in [5, 5.41) is 2.80. The normalized spacial score (nSPS) is 15.7. The van der Waals surface area contributed by atoms with Crippen LogP contribution in [0.4, 0.5) is 0 Å². The molecular weight excluding hydrogens is 278 g/mol. The van der Waals surface area contributed by atoms with Gasteiger partial charge in [-0.2, -0.15) is 0 Å². The first-order valence-corrected chi connectivity index (χ1v) is 7.16. The maximum Gasteiger partial charge on any atom is 0.247 e. The molecule has 0 aromatic heterocycles. The number of amides is 1. The maximum absolute atomic E-state index is 11.6. The minimum atomic E-state index is 0.00331. The van der Waals surface area contributed by atoms with E-state index >= 15 is 0 Å². The number of carbonyl (C=O) groups is 1. The number of methoxy groups -OCH3 is 1. The molecule has 2 aromatic rings. The molecule has 1 fully saturated rings. The first-order chi connectivity index (χ1) is 10.8. The third-order valence-electron chi connectivity index (χ3n) is 3.47. The fourth-order valence-electron chi connectivity index (χ4n) is 2.35. The standard InChI is InChI=1S/C18H17NO3/c1-21-17-12-13(11-14-9-10-19-18(14)20)7-8-16(17)22-15-5-3-2-4-6-15/h2-8,11-12H,9-10H2,1H3,(H,19,20)/b14-11+. The minimum Gasteiger partial charge on any atom is -0.493 e. The predicted octanol–water partition coefficient (Wildman–Crippen LogP) is 3.39. The van der Waals surface area contributed by atoms with Crippen molar-refractivity contribution in [2.75, 3.05) is 13.7 Å². The van der Waals surface area contributed by atoms with Gasteiger partial charge < -0.3 is 14.8 Å². The summed E-state index contributed by atoms with van der Waals surface area (Å²) in [7, 11) is 1.60. The summed E-state index contributed by atoms with van der Waals surface area (Å²) in [5.41, 5.74) is 1.71. The van der Waals surface area contributed by atoms with Crippen LogP contribution in [-0.2, 0) is 4.79 Å². The molecule has 1 aliphatic rings. The highest BCUT2D eigenvalue weighted by Gasteiger charge is 2.16. The van der Waals surface area contributed by atoms with Crippen molar-refractivity contribution in [3.05, 3.63) is 59.7 Å². The molecule has 3 rings (SSSR count). The van der Waals surface area contributed by atoms with Gasteiger partial charge in [-0.05, 0) is 42.3 Å². The summed E-state index contributed by atoms with van der Waals surface area (Å²) in [4.78, 5) is 11.6. The van der Waals surface area contributed by atoms with Crippen LogP contribution in [0.15, 0.2) is 54.1 Å². The Morgan fingerprint density at radius 1 is 1.09 bits per heavy atom. The molecule has 0 bridgehead atoms. The molecule has 0 saturated carbocycles. The monoisotopic (exact) mass is 295 g/mol. The quantitative estimate of drug-likeness (QED) is 0.880. The molecule has 4 heteroatoms. The lowest BCUT2D eigenvalue weighted by Crippen LogP contribution is -2.13. The number of rotatable bonds is 4. The second-order valence-corrected chi connectivity index (χ2v) is 5.00. The third-order valence-corrected chi connectivity index (χ3v) is 3.47. The molecule has 1 heterocycles. The van der Waals surface area contributed by atoms with Crippen molar-refractivity contribution in [3.8, 4) is 17.2 Å². The maximum atomic E-state index is 11.6. The zero-order valence-electron chi connectivity index (χ0n) is 12.3. The highest BCUT2D eigenvalue weighted by Crippen LogP contribution is 2.33. The highest BCUT2D eigenvalue weighted by atomic mass is 16.5. The topological polar surface area (TPSA) is 47.6 Å². The summed E-state index contributed by atoms with van der Waals surface area (Å²) in [6.07, 6.45) is 2.64. The Morgan fingerprint density at radius 3 is 2.59 bits per heavy atom. The van der Waals surface area contributed by atoms with E-state index in [1.165, 1.54) is 0 Å². The van der Waals surface area contributed by atoms with Crippen LogP contribution in [-0.4, -0.2) is 19.6 Å². The van der Waals surface area contributed by atoms with E-state index in [-0.39, 0.29) is 5.91 Å². The number of para-hydroxylation sites is 1. The summed E-state index contributed by atoms with van der Waals surface area (Å²) in [6, 6.07) is 15.2. The second-order valence-electron chi connectivity index (χ2n) is 5.00. The van der Waals surface area contributed by atoms with Crippen molar-refractivity contribution in [1.29, 1.82) is 0 Å². The van der Waals surface area contributed by atoms with Crippen LogP contribution in [0.5, 0.6) is 17.2 Å². The van der Waals surface area contributed by atoms with Gasteiger partial charge in [-0.15, -0.1) is 0 Å². The average Bonchev–Trinajstić information content (AvgIpc) is 2.95. The molecule has 0 atom stereocenters. The largest absolute Gasteiger partial charge is 0.493 e.